The first kappa shape index (κ1) is 12.2. The van der Waals surface area contributed by atoms with E-state index in [1.807, 2.05) is 6.92 Å². The minimum absolute atomic E-state index is 0.319. The molecule has 3 N–H and O–H groups in total. The molecule has 1 atom stereocenters. The number of hydrogen-bond acceptors (Lipinski definition) is 4. The number of esters is 1. The first-order chi connectivity index (χ1) is 7.67. The van der Waals surface area contributed by atoms with E-state index < -0.39 is 12.0 Å². The highest BCUT2D eigenvalue weighted by molar-refractivity contribution is 5.76. The fraction of sp³-hybridized carbons (Fsp3) is 0.364. The van der Waals surface area contributed by atoms with Crippen LogP contribution in [0.3, 0.4) is 0 Å². The topological polar surface area (TPSA) is 81.0 Å². The summed E-state index contributed by atoms with van der Waals surface area (Å²) in [5.74, 6) is 0.564. The summed E-state index contributed by atoms with van der Waals surface area (Å²) >= 11 is 0. The van der Waals surface area contributed by atoms with Gasteiger partial charge in [0.1, 0.15) is 17.6 Å². The number of ether oxygens (including phenoxy) is 1. The molecule has 0 bridgehead atoms. The van der Waals surface area contributed by atoms with Crippen LogP contribution in [0.2, 0.25) is 0 Å². The maximum absolute atomic E-state index is 11.5. The molecule has 0 amide bonds. The van der Waals surface area contributed by atoms with E-state index >= 15 is 0 Å². The SMILES string of the molecule is C=C=C(CC)OC(=O)[C@@H](N)Cc1ncc[nH]1. The molecule has 1 heterocycles. The van der Waals surface area contributed by atoms with Gasteiger partial charge in [-0.3, -0.25) is 0 Å². The van der Waals surface area contributed by atoms with Gasteiger partial charge < -0.3 is 15.5 Å². The Morgan fingerprint density at radius 3 is 3.06 bits per heavy atom. The Morgan fingerprint density at radius 2 is 2.56 bits per heavy atom. The average molecular weight is 221 g/mol. The Hall–Kier alpha value is -1.84. The Labute approximate surface area is 94.0 Å². The van der Waals surface area contributed by atoms with Crippen LogP contribution in [-0.2, 0) is 16.0 Å². The Balaban J connectivity index is 2.51. The average Bonchev–Trinajstić information content (AvgIpc) is 2.78. The van der Waals surface area contributed by atoms with Gasteiger partial charge in [0, 0.05) is 25.2 Å². The Kier molecular flexibility index (Phi) is 4.51. The molecule has 86 valence electrons. The van der Waals surface area contributed by atoms with Crippen LogP contribution >= 0.6 is 0 Å². The zero-order valence-corrected chi connectivity index (χ0v) is 9.19. The van der Waals surface area contributed by atoms with Gasteiger partial charge in [-0.1, -0.05) is 19.2 Å². The lowest BCUT2D eigenvalue weighted by molar-refractivity contribution is -0.141. The predicted molar refractivity (Wildman–Crippen MR) is 59.3 cm³/mol. The van der Waals surface area contributed by atoms with E-state index in [2.05, 4.69) is 22.3 Å². The van der Waals surface area contributed by atoms with Crippen LogP contribution in [0.5, 0.6) is 0 Å². The third-order valence-electron chi connectivity index (χ3n) is 2.01. The zero-order valence-electron chi connectivity index (χ0n) is 9.19. The monoisotopic (exact) mass is 221 g/mol. The van der Waals surface area contributed by atoms with Crippen molar-refractivity contribution in [1.29, 1.82) is 0 Å². The number of rotatable bonds is 5. The highest BCUT2D eigenvalue weighted by Gasteiger charge is 2.17. The maximum Gasteiger partial charge on any atom is 0.329 e. The van der Waals surface area contributed by atoms with E-state index in [1.165, 1.54) is 0 Å². The first-order valence-corrected chi connectivity index (χ1v) is 5.01. The summed E-state index contributed by atoms with van der Waals surface area (Å²) < 4.78 is 5.00. The number of imidazole rings is 1. The summed E-state index contributed by atoms with van der Waals surface area (Å²) in [5.41, 5.74) is 8.21. The molecule has 5 heteroatoms. The van der Waals surface area contributed by atoms with E-state index in [0.717, 1.165) is 0 Å². The molecule has 1 aromatic rings. The molecule has 5 nitrogen and oxygen atoms in total. The first-order valence-electron chi connectivity index (χ1n) is 5.01. The van der Waals surface area contributed by atoms with Crippen LogP contribution in [0, 0.1) is 0 Å². The molecule has 0 saturated heterocycles. The normalized spacial score (nSPS) is 11.6. The van der Waals surface area contributed by atoms with Crippen LogP contribution in [0.15, 0.2) is 30.5 Å². The molecule has 1 rings (SSSR count). The molecule has 0 aliphatic rings. The molecule has 0 aromatic carbocycles. The molecule has 0 aliphatic carbocycles. The molecule has 16 heavy (non-hydrogen) atoms. The number of H-pyrrole nitrogens is 1. The number of carbonyl (C=O) groups is 1. The summed E-state index contributed by atoms with van der Waals surface area (Å²) in [4.78, 5) is 18.4. The van der Waals surface area contributed by atoms with Crippen molar-refractivity contribution in [3.63, 3.8) is 0 Å². The molecule has 1 aromatic heterocycles. The van der Waals surface area contributed by atoms with Crippen molar-refractivity contribution in [2.45, 2.75) is 25.8 Å². The van der Waals surface area contributed by atoms with E-state index in [-0.39, 0.29) is 0 Å². The number of aromatic amines is 1. The summed E-state index contributed by atoms with van der Waals surface area (Å²) in [6.45, 7) is 5.27. The number of nitrogens with zero attached hydrogens (tertiary/aromatic N) is 1. The van der Waals surface area contributed by atoms with Gasteiger partial charge in [-0.2, -0.15) is 0 Å². The zero-order chi connectivity index (χ0) is 12.0. The minimum atomic E-state index is -0.735. The van der Waals surface area contributed by atoms with Crippen LogP contribution in [0.25, 0.3) is 0 Å². The van der Waals surface area contributed by atoms with Gasteiger partial charge >= 0.3 is 5.97 Å². The number of carbonyl (C=O) groups excluding carboxylic acids is 1. The molecular formula is C11H15N3O2. The summed E-state index contributed by atoms with van der Waals surface area (Å²) in [6.07, 6.45) is 4.16. The molecule has 0 fully saturated rings. The van der Waals surface area contributed by atoms with Gasteiger partial charge in [-0.15, -0.1) is 0 Å². The fourth-order valence-corrected chi connectivity index (χ4v) is 1.13. The third-order valence-corrected chi connectivity index (χ3v) is 2.01. The molecule has 0 unspecified atom stereocenters. The Morgan fingerprint density at radius 1 is 1.81 bits per heavy atom. The van der Waals surface area contributed by atoms with Gasteiger partial charge in [0.2, 0.25) is 0 Å². The fourth-order valence-electron chi connectivity index (χ4n) is 1.13. The quantitative estimate of drug-likeness (QED) is 0.440. The summed E-state index contributed by atoms with van der Waals surface area (Å²) in [6, 6.07) is -0.735. The van der Waals surface area contributed by atoms with Crippen molar-refractivity contribution in [3.8, 4) is 0 Å². The van der Waals surface area contributed by atoms with Crippen molar-refractivity contribution >= 4 is 5.97 Å². The van der Waals surface area contributed by atoms with Crippen molar-refractivity contribution in [1.82, 2.24) is 9.97 Å². The van der Waals surface area contributed by atoms with Crippen LogP contribution in [-0.4, -0.2) is 22.0 Å². The van der Waals surface area contributed by atoms with E-state index in [1.54, 1.807) is 12.4 Å². The van der Waals surface area contributed by atoms with Gasteiger partial charge in [0.25, 0.3) is 0 Å². The highest BCUT2D eigenvalue weighted by atomic mass is 16.5. The second-order valence-electron chi connectivity index (χ2n) is 3.22. The lowest BCUT2D eigenvalue weighted by Gasteiger charge is -2.10. The number of allylic oxidation sites excluding steroid dienone is 1. The molecule has 0 saturated carbocycles. The summed E-state index contributed by atoms with van der Waals surface area (Å²) in [5, 5.41) is 0. The second-order valence-corrected chi connectivity index (χ2v) is 3.22. The molecule has 0 aliphatic heterocycles. The maximum atomic E-state index is 11.5. The van der Waals surface area contributed by atoms with Crippen LogP contribution < -0.4 is 5.73 Å². The van der Waals surface area contributed by atoms with Crippen molar-refractivity contribution in [2.75, 3.05) is 0 Å². The Bertz CT molecular complexity index is 391. The van der Waals surface area contributed by atoms with E-state index in [9.17, 15) is 4.79 Å². The second kappa shape index (κ2) is 5.90. The number of nitrogens with one attached hydrogen (secondary N) is 1. The van der Waals surface area contributed by atoms with Gasteiger partial charge in [-0.25, -0.2) is 9.78 Å². The highest BCUT2D eigenvalue weighted by Crippen LogP contribution is 2.04. The predicted octanol–water partition coefficient (Wildman–Crippen LogP) is 0.901. The van der Waals surface area contributed by atoms with E-state index in [4.69, 9.17) is 10.5 Å². The lowest BCUT2D eigenvalue weighted by Crippen LogP contribution is -2.34. The number of aromatic nitrogens is 2. The minimum Gasteiger partial charge on any atom is -0.421 e. The molecule has 0 spiro atoms. The number of nitrogens with two attached hydrogens (primary N) is 1. The van der Waals surface area contributed by atoms with Crippen molar-refractivity contribution < 1.29 is 9.53 Å². The van der Waals surface area contributed by atoms with Crippen molar-refractivity contribution in [3.05, 3.63) is 36.3 Å². The van der Waals surface area contributed by atoms with Crippen LogP contribution in [0.1, 0.15) is 19.2 Å². The number of hydrogen-bond donors (Lipinski definition) is 2. The lowest BCUT2D eigenvalue weighted by atomic mass is 10.2. The third kappa shape index (κ3) is 3.38. The largest absolute Gasteiger partial charge is 0.421 e. The molecular weight excluding hydrogens is 206 g/mol. The smallest absolute Gasteiger partial charge is 0.329 e. The van der Waals surface area contributed by atoms with E-state index in [0.29, 0.717) is 24.4 Å². The standard InChI is InChI=1S/C11H15N3O2/c1-3-8(4-2)16-11(15)9(12)7-10-13-5-6-14-10/h5-6,9H,1,4,7,12H2,2H3,(H,13,14)/t9-/m0/s1. The molecule has 0 radical (unpaired) electrons. The van der Waals surface area contributed by atoms with Gasteiger partial charge in [-0.05, 0) is 0 Å². The van der Waals surface area contributed by atoms with Gasteiger partial charge in [0.05, 0.1) is 0 Å². The van der Waals surface area contributed by atoms with Crippen molar-refractivity contribution in [2.24, 2.45) is 5.73 Å². The van der Waals surface area contributed by atoms with Crippen LogP contribution in [0.4, 0.5) is 0 Å². The van der Waals surface area contributed by atoms with Gasteiger partial charge in [0.15, 0.2) is 0 Å². The summed E-state index contributed by atoms with van der Waals surface area (Å²) in [7, 11) is 0.